The second kappa shape index (κ2) is 7.73. The molecule has 3 aromatic rings. The van der Waals surface area contributed by atoms with Crippen LogP contribution in [0.1, 0.15) is 39.6 Å². The molecule has 7 nitrogen and oxygen atoms in total. The van der Waals surface area contributed by atoms with Crippen molar-refractivity contribution in [3.05, 3.63) is 64.0 Å². The largest absolute Gasteiger partial charge is 0.457 e. The molecule has 9 heteroatoms. The maximum absolute atomic E-state index is 13.2. The van der Waals surface area contributed by atoms with E-state index in [-0.39, 0.29) is 17.8 Å². The normalized spacial score (nSPS) is 17.4. The van der Waals surface area contributed by atoms with Crippen LogP contribution in [0.3, 0.4) is 0 Å². The summed E-state index contributed by atoms with van der Waals surface area (Å²) in [5.41, 5.74) is 2.38. The van der Waals surface area contributed by atoms with Crippen molar-refractivity contribution in [1.29, 1.82) is 0 Å². The molecule has 0 bridgehead atoms. The van der Waals surface area contributed by atoms with Gasteiger partial charge in [-0.2, -0.15) is 0 Å². The van der Waals surface area contributed by atoms with Crippen molar-refractivity contribution < 1.29 is 23.1 Å². The second-order valence-corrected chi connectivity index (χ2v) is 8.44. The summed E-state index contributed by atoms with van der Waals surface area (Å²) in [6, 6.07) is 9.62. The minimum atomic E-state index is -0.518. The molecule has 2 amide bonds. The molecule has 2 aliphatic rings. The Morgan fingerprint density at radius 2 is 2.06 bits per heavy atom. The summed E-state index contributed by atoms with van der Waals surface area (Å²) >= 11 is 1.48. The third-order valence-corrected chi connectivity index (χ3v) is 6.55. The highest BCUT2D eigenvalue weighted by Gasteiger charge is 2.35. The van der Waals surface area contributed by atoms with Gasteiger partial charge in [0.25, 0.3) is 5.91 Å². The Balaban J connectivity index is 1.38. The number of hydrogen-bond donors (Lipinski definition) is 2. The third-order valence-electron chi connectivity index (χ3n) is 5.40. The fourth-order valence-corrected chi connectivity index (χ4v) is 5.19. The fraction of sp³-hybridized carbons (Fsp3) is 0.273. The second-order valence-electron chi connectivity index (χ2n) is 7.34. The molecule has 0 aliphatic carbocycles. The highest BCUT2D eigenvalue weighted by molar-refractivity contribution is 7.16. The van der Waals surface area contributed by atoms with Crippen molar-refractivity contribution in [2.75, 3.05) is 18.5 Å². The first kappa shape index (κ1) is 19.6. The molecule has 0 unspecified atom stereocenters. The summed E-state index contributed by atoms with van der Waals surface area (Å²) in [7, 11) is 0. The molecule has 0 saturated carbocycles. The zero-order chi connectivity index (χ0) is 21.5. The van der Waals surface area contributed by atoms with Crippen molar-refractivity contribution in [3.63, 3.8) is 0 Å². The Bertz CT molecular complexity index is 1150. The highest BCUT2D eigenvalue weighted by atomic mass is 32.1. The van der Waals surface area contributed by atoms with E-state index in [1.165, 1.54) is 23.5 Å². The van der Waals surface area contributed by atoms with Gasteiger partial charge in [-0.15, -0.1) is 11.3 Å². The SMILES string of the molecule is CCOC(=O)N1CCc2c(sc3c2C(=O)N[C@@H](c2ccc(-c4ccc(F)cc4)o2)N3)C1. The Morgan fingerprint density at radius 1 is 1.26 bits per heavy atom. The monoisotopic (exact) mass is 441 g/mol. The van der Waals surface area contributed by atoms with E-state index in [1.807, 2.05) is 0 Å². The Hall–Kier alpha value is -3.33. The van der Waals surface area contributed by atoms with Gasteiger partial charge in [-0.25, -0.2) is 9.18 Å². The van der Waals surface area contributed by atoms with Crippen LogP contribution < -0.4 is 10.6 Å². The molecule has 160 valence electrons. The maximum Gasteiger partial charge on any atom is 0.410 e. The lowest BCUT2D eigenvalue weighted by molar-refractivity contribution is 0.0929. The third kappa shape index (κ3) is 3.54. The lowest BCUT2D eigenvalue weighted by Crippen LogP contribution is -2.39. The van der Waals surface area contributed by atoms with E-state index in [1.54, 1.807) is 36.1 Å². The highest BCUT2D eigenvalue weighted by Crippen LogP contribution is 2.41. The van der Waals surface area contributed by atoms with Crippen LogP contribution in [0.2, 0.25) is 0 Å². The Kier molecular flexibility index (Phi) is 4.90. The van der Waals surface area contributed by atoms with Gasteiger partial charge in [0.2, 0.25) is 0 Å². The lowest BCUT2D eigenvalue weighted by Gasteiger charge is -2.27. The van der Waals surface area contributed by atoms with E-state index in [0.717, 1.165) is 21.0 Å². The number of nitrogens with zero attached hydrogens (tertiary/aromatic N) is 1. The van der Waals surface area contributed by atoms with Crippen LogP contribution in [0.5, 0.6) is 0 Å². The first-order chi connectivity index (χ1) is 15.0. The summed E-state index contributed by atoms with van der Waals surface area (Å²) in [5, 5.41) is 7.06. The molecule has 1 atom stereocenters. The minimum Gasteiger partial charge on any atom is -0.457 e. The Morgan fingerprint density at radius 3 is 2.84 bits per heavy atom. The van der Waals surface area contributed by atoms with Crippen LogP contribution >= 0.6 is 11.3 Å². The number of ether oxygens (including phenoxy) is 1. The molecule has 0 fully saturated rings. The summed E-state index contributed by atoms with van der Waals surface area (Å²) < 4.78 is 24.2. The summed E-state index contributed by atoms with van der Waals surface area (Å²) in [6.45, 7) is 3.06. The number of nitrogens with one attached hydrogen (secondary N) is 2. The molecule has 5 rings (SSSR count). The average Bonchev–Trinajstić information content (AvgIpc) is 3.39. The first-order valence-corrected chi connectivity index (χ1v) is 10.8. The number of carbonyl (C=O) groups is 2. The predicted octanol–water partition coefficient (Wildman–Crippen LogP) is 4.52. The zero-order valence-electron chi connectivity index (χ0n) is 16.7. The van der Waals surface area contributed by atoms with Crippen LogP contribution in [0.25, 0.3) is 11.3 Å². The van der Waals surface area contributed by atoms with E-state index in [9.17, 15) is 14.0 Å². The molecule has 0 radical (unpaired) electrons. The number of benzene rings is 1. The van der Waals surface area contributed by atoms with Crippen LogP contribution in [0.4, 0.5) is 14.2 Å². The maximum atomic E-state index is 13.2. The number of hydrogen-bond acceptors (Lipinski definition) is 6. The molecule has 1 aromatic carbocycles. The van der Waals surface area contributed by atoms with E-state index in [0.29, 0.717) is 43.2 Å². The molecular weight excluding hydrogens is 421 g/mol. The average molecular weight is 441 g/mol. The van der Waals surface area contributed by atoms with E-state index >= 15 is 0 Å². The van der Waals surface area contributed by atoms with Gasteiger partial charge >= 0.3 is 6.09 Å². The van der Waals surface area contributed by atoms with Gasteiger partial charge in [0.15, 0.2) is 6.17 Å². The first-order valence-electron chi connectivity index (χ1n) is 10.0. The van der Waals surface area contributed by atoms with E-state index < -0.39 is 6.17 Å². The zero-order valence-corrected chi connectivity index (χ0v) is 17.6. The van der Waals surface area contributed by atoms with Crippen molar-refractivity contribution in [2.24, 2.45) is 0 Å². The van der Waals surface area contributed by atoms with Gasteiger partial charge < -0.3 is 24.7 Å². The van der Waals surface area contributed by atoms with Gasteiger partial charge in [0, 0.05) is 17.0 Å². The number of fused-ring (bicyclic) bond motifs is 3. The van der Waals surface area contributed by atoms with Gasteiger partial charge in [-0.3, -0.25) is 4.79 Å². The predicted molar refractivity (Wildman–Crippen MR) is 113 cm³/mol. The van der Waals surface area contributed by atoms with E-state index in [4.69, 9.17) is 9.15 Å². The van der Waals surface area contributed by atoms with Gasteiger partial charge in [0.1, 0.15) is 22.3 Å². The van der Waals surface area contributed by atoms with Gasteiger partial charge in [0.05, 0.1) is 18.7 Å². The number of thiophene rings is 1. The number of rotatable bonds is 3. The lowest BCUT2D eigenvalue weighted by atomic mass is 10.0. The number of halogens is 1. The van der Waals surface area contributed by atoms with Crippen LogP contribution in [0.15, 0.2) is 40.8 Å². The molecule has 2 aliphatic heterocycles. The smallest absolute Gasteiger partial charge is 0.410 e. The van der Waals surface area contributed by atoms with Crippen LogP contribution in [-0.4, -0.2) is 30.1 Å². The fourth-order valence-electron chi connectivity index (χ4n) is 3.91. The summed E-state index contributed by atoms with van der Waals surface area (Å²) in [6.07, 6.45) is -0.246. The number of furan rings is 1. The molecule has 2 aromatic heterocycles. The molecular formula is C22H20FN3O4S. The van der Waals surface area contributed by atoms with Gasteiger partial charge in [-0.05, 0) is 55.3 Å². The van der Waals surface area contributed by atoms with Gasteiger partial charge in [-0.1, -0.05) is 0 Å². The van der Waals surface area contributed by atoms with Crippen LogP contribution in [0, 0.1) is 5.82 Å². The molecule has 0 saturated heterocycles. The molecule has 0 spiro atoms. The van der Waals surface area contributed by atoms with E-state index in [2.05, 4.69) is 10.6 Å². The number of anilines is 1. The summed E-state index contributed by atoms with van der Waals surface area (Å²) in [4.78, 5) is 27.6. The quantitative estimate of drug-likeness (QED) is 0.625. The van der Waals surface area contributed by atoms with Crippen molar-refractivity contribution in [3.8, 4) is 11.3 Å². The standard InChI is InChI=1S/C22H20FN3O4S/c1-2-29-22(28)26-10-9-14-17(11-26)31-21-18(14)20(27)24-19(25-21)16-8-7-15(30-16)12-3-5-13(23)6-4-12/h3-8,19,25H,2,9-11H2,1H3,(H,24,27)/t19-/m1/s1. The number of amides is 2. The van der Waals surface area contributed by atoms with Crippen LogP contribution in [-0.2, 0) is 17.7 Å². The summed E-state index contributed by atoms with van der Waals surface area (Å²) in [5.74, 6) is 0.665. The Labute approximate surface area is 181 Å². The molecule has 4 heterocycles. The van der Waals surface area contributed by atoms with Crippen molar-refractivity contribution in [1.82, 2.24) is 10.2 Å². The van der Waals surface area contributed by atoms with Crippen molar-refractivity contribution in [2.45, 2.75) is 26.1 Å². The van der Waals surface area contributed by atoms with Crippen molar-refractivity contribution >= 4 is 28.3 Å². The topological polar surface area (TPSA) is 83.8 Å². The molecule has 31 heavy (non-hydrogen) atoms. The number of carbonyl (C=O) groups excluding carboxylic acids is 2. The minimum absolute atomic E-state index is 0.166. The molecule has 2 N–H and O–H groups in total.